The molecular formula is C10H9N5O2. The van der Waals surface area contributed by atoms with Gasteiger partial charge in [0.2, 0.25) is 0 Å². The van der Waals surface area contributed by atoms with Crippen LogP contribution in [0.5, 0.6) is 0 Å². The minimum absolute atomic E-state index is 0.297. The van der Waals surface area contributed by atoms with Crippen LogP contribution >= 0.6 is 0 Å². The van der Waals surface area contributed by atoms with Gasteiger partial charge in [-0.05, 0) is 6.08 Å². The number of ether oxygens (including phenoxy) is 1. The number of nitrogens with zero attached hydrogens (tertiary/aromatic N) is 4. The molecule has 1 aliphatic heterocycles. The smallest absolute Gasteiger partial charge is 0.184 e. The Balaban J connectivity index is 2.03. The molecule has 1 atom stereocenters. The van der Waals surface area contributed by atoms with Gasteiger partial charge in [0, 0.05) is 6.42 Å². The van der Waals surface area contributed by atoms with Crippen LogP contribution in [-0.4, -0.2) is 25.8 Å². The van der Waals surface area contributed by atoms with Crippen molar-refractivity contribution in [2.24, 2.45) is 0 Å². The molecule has 1 aliphatic rings. The van der Waals surface area contributed by atoms with E-state index in [1.165, 1.54) is 6.33 Å². The van der Waals surface area contributed by atoms with E-state index in [9.17, 15) is 4.79 Å². The summed E-state index contributed by atoms with van der Waals surface area (Å²) in [6.45, 7) is 0. The number of carbonyl (C=O) groups excluding carboxylic acids is 1. The van der Waals surface area contributed by atoms with Crippen LogP contribution in [0.3, 0.4) is 0 Å². The van der Waals surface area contributed by atoms with Gasteiger partial charge in [-0.2, -0.15) is 0 Å². The number of aromatic nitrogens is 4. The summed E-state index contributed by atoms with van der Waals surface area (Å²) in [7, 11) is 0. The summed E-state index contributed by atoms with van der Waals surface area (Å²) in [6.07, 6.45) is 5.68. The van der Waals surface area contributed by atoms with Gasteiger partial charge in [0.05, 0.1) is 0 Å². The number of imidazole rings is 1. The minimum atomic E-state index is -0.297. The predicted molar refractivity (Wildman–Crippen MR) is 58.6 cm³/mol. The van der Waals surface area contributed by atoms with Gasteiger partial charge in [-0.1, -0.05) is 0 Å². The highest BCUT2D eigenvalue weighted by atomic mass is 16.5. The zero-order valence-corrected chi connectivity index (χ0v) is 8.78. The molecule has 0 bridgehead atoms. The molecule has 7 heteroatoms. The van der Waals surface area contributed by atoms with Crippen LogP contribution in [0.25, 0.3) is 11.2 Å². The highest BCUT2D eigenvalue weighted by Gasteiger charge is 2.22. The van der Waals surface area contributed by atoms with Gasteiger partial charge in [-0.3, -0.25) is 9.36 Å². The van der Waals surface area contributed by atoms with E-state index >= 15 is 0 Å². The lowest BCUT2D eigenvalue weighted by Gasteiger charge is -2.12. The van der Waals surface area contributed by atoms with Gasteiger partial charge >= 0.3 is 0 Å². The van der Waals surface area contributed by atoms with Gasteiger partial charge in [0.25, 0.3) is 0 Å². The Morgan fingerprint density at radius 3 is 3.12 bits per heavy atom. The van der Waals surface area contributed by atoms with Crippen molar-refractivity contribution in [2.75, 3.05) is 5.73 Å². The fourth-order valence-electron chi connectivity index (χ4n) is 1.80. The number of nitrogens with two attached hydrogens (primary N) is 1. The van der Waals surface area contributed by atoms with Gasteiger partial charge in [0.1, 0.15) is 18.2 Å². The number of carbonyl (C=O) groups is 1. The van der Waals surface area contributed by atoms with Gasteiger partial charge in [0.15, 0.2) is 29.7 Å². The first kappa shape index (κ1) is 9.76. The quantitative estimate of drug-likeness (QED) is 0.752. The van der Waals surface area contributed by atoms with Crippen LogP contribution in [0.1, 0.15) is 12.6 Å². The summed E-state index contributed by atoms with van der Waals surface area (Å²) in [4.78, 5) is 22.7. The number of aldehydes is 1. The molecule has 0 saturated heterocycles. The Hall–Kier alpha value is -2.44. The standard InChI is InChI=1S/C10H9N5O2/c11-9-8-10(13-4-12-9)15(5-14-8)7-2-1-6(3-16)17-7/h1,3-5,7H,2H2,(H2,11,12,13)/t7-/m1/s1. The molecule has 7 nitrogen and oxygen atoms in total. The lowest BCUT2D eigenvalue weighted by atomic mass is 10.3. The first-order valence-electron chi connectivity index (χ1n) is 5.04. The molecule has 0 amide bonds. The molecule has 0 radical (unpaired) electrons. The Morgan fingerprint density at radius 1 is 1.47 bits per heavy atom. The zero-order chi connectivity index (χ0) is 11.8. The third-order valence-corrected chi connectivity index (χ3v) is 2.61. The van der Waals surface area contributed by atoms with Crippen LogP contribution in [0.15, 0.2) is 24.5 Å². The molecule has 3 heterocycles. The Morgan fingerprint density at radius 2 is 2.35 bits per heavy atom. The lowest BCUT2D eigenvalue weighted by Crippen LogP contribution is -2.08. The number of anilines is 1. The number of fused-ring (bicyclic) bond motifs is 1. The van der Waals surface area contributed by atoms with Crippen LogP contribution in [0.4, 0.5) is 5.82 Å². The van der Waals surface area contributed by atoms with E-state index in [0.717, 1.165) is 0 Å². The summed E-state index contributed by atoms with van der Waals surface area (Å²) in [5, 5.41) is 0. The monoisotopic (exact) mass is 231 g/mol. The van der Waals surface area contributed by atoms with Crippen LogP contribution in [0, 0.1) is 0 Å². The second kappa shape index (κ2) is 3.55. The molecule has 0 aromatic carbocycles. The molecule has 86 valence electrons. The summed E-state index contributed by atoms with van der Waals surface area (Å²) in [5.74, 6) is 0.661. The second-order valence-electron chi connectivity index (χ2n) is 3.62. The maximum atomic E-state index is 10.6. The van der Waals surface area contributed by atoms with Crippen molar-refractivity contribution in [1.82, 2.24) is 19.5 Å². The Labute approximate surface area is 95.9 Å². The highest BCUT2D eigenvalue weighted by molar-refractivity contribution is 5.81. The molecule has 0 saturated carbocycles. The molecule has 0 fully saturated rings. The number of hydrogen-bond donors (Lipinski definition) is 1. The zero-order valence-electron chi connectivity index (χ0n) is 8.78. The number of rotatable bonds is 2. The number of allylic oxidation sites excluding steroid dienone is 1. The topological polar surface area (TPSA) is 95.9 Å². The van der Waals surface area contributed by atoms with Crippen LogP contribution < -0.4 is 5.73 Å². The third-order valence-electron chi connectivity index (χ3n) is 2.61. The fraction of sp³-hybridized carbons (Fsp3) is 0.200. The summed E-state index contributed by atoms with van der Waals surface area (Å²) in [6, 6.07) is 0. The number of hydrogen-bond acceptors (Lipinski definition) is 6. The molecule has 0 unspecified atom stereocenters. The molecule has 17 heavy (non-hydrogen) atoms. The molecule has 2 aromatic heterocycles. The SMILES string of the molecule is Nc1ncnc2c1ncn2[C@H]1CC=C(C=O)O1. The van der Waals surface area contributed by atoms with Crippen molar-refractivity contribution in [1.29, 1.82) is 0 Å². The van der Waals surface area contributed by atoms with E-state index in [-0.39, 0.29) is 6.23 Å². The Bertz CT molecular complexity index is 618. The average molecular weight is 231 g/mol. The largest absolute Gasteiger partial charge is 0.467 e. The number of nitrogen functional groups attached to an aromatic ring is 1. The van der Waals surface area contributed by atoms with Crippen molar-refractivity contribution in [3.8, 4) is 0 Å². The molecule has 2 aromatic rings. The van der Waals surface area contributed by atoms with E-state index in [4.69, 9.17) is 10.5 Å². The van der Waals surface area contributed by atoms with Crippen LogP contribution in [0.2, 0.25) is 0 Å². The molecular weight excluding hydrogens is 222 g/mol. The van der Waals surface area contributed by atoms with Crippen LogP contribution in [-0.2, 0) is 9.53 Å². The van der Waals surface area contributed by atoms with Crippen molar-refractivity contribution >= 4 is 23.3 Å². The molecule has 0 spiro atoms. The van der Waals surface area contributed by atoms with E-state index in [1.807, 2.05) is 0 Å². The highest BCUT2D eigenvalue weighted by Crippen LogP contribution is 2.28. The summed E-state index contributed by atoms with van der Waals surface area (Å²) >= 11 is 0. The van der Waals surface area contributed by atoms with Gasteiger partial charge < -0.3 is 10.5 Å². The predicted octanol–water partition coefficient (Wildman–Crippen LogP) is 0.410. The first-order valence-corrected chi connectivity index (χ1v) is 5.04. The van der Waals surface area contributed by atoms with Crippen molar-refractivity contribution in [2.45, 2.75) is 12.6 Å². The maximum Gasteiger partial charge on any atom is 0.184 e. The minimum Gasteiger partial charge on any atom is -0.467 e. The molecule has 2 N–H and O–H groups in total. The second-order valence-corrected chi connectivity index (χ2v) is 3.62. The van der Waals surface area contributed by atoms with Crippen molar-refractivity contribution in [3.63, 3.8) is 0 Å². The van der Waals surface area contributed by atoms with E-state index in [1.54, 1.807) is 17.0 Å². The van der Waals surface area contributed by atoms with Gasteiger partial charge in [-0.15, -0.1) is 0 Å². The summed E-state index contributed by atoms with van der Waals surface area (Å²) < 4.78 is 7.15. The molecule has 0 aliphatic carbocycles. The van der Waals surface area contributed by atoms with E-state index in [2.05, 4.69) is 15.0 Å². The maximum absolute atomic E-state index is 10.6. The van der Waals surface area contributed by atoms with E-state index < -0.39 is 0 Å². The normalized spacial score (nSPS) is 19.1. The first-order chi connectivity index (χ1) is 8.29. The van der Waals surface area contributed by atoms with E-state index in [0.29, 0.717) is 35.4 Å². The fourth-order valence-corrected chi connectivity index (χ4v) is 1.80. The van der Waals surface area contributed by atoms with Gasteiger partial charge in [-0.25, -0.2) is 15.0 Å². The van der Waals surface area contributed by atoms with Crippen molar-refractivity contribution < 1.29 is 9.53 Å². The average Bonchev–Trinajstić information content (AvgIpc) is 2.94. The summed E-state index contributed by atoms with van der Waals surface area (Å²) in [5.41, 5.74) is 6.82. The Kier molecular flexibility index (Phi) is 2.04. The third kappa shape index (κ3) is 1.43. The lowest BCUT2D eigenvalue weighted by molar-refractivity contribution is -0.108. The van der Waals surface area contributed by atoms with Crippen molar-refractivity contribution in [3.05, 3.63) is 24.5 Å². The molecule has 3 rings (SSSR count).